The quantitative estimate of drug-likeness (QED) is 0.230. The smallest absolute Gasteiger partial charge is 0.416 e. The number of nitrogens with two attached hydrogens (primary N) is 1. The molecular formula is C32H37N5O6S2. The molecule has 238 valence electrons. The highest BCUT2D eigenvalue weighted by Gasteiger charge is 2.47. The van der Waals surface area contributed by atoms with Crippen LogP contribution in [0.2, 0.25) is 0 Å². The minimum absolute atomic E-state index is 0.0977. The first-order chi connectivity index (χ1) is 20.9. The zero-order valence-electron chi connectivity index (χ0n) is 26.0. The molecule has 45 heavy (non-hydrogen) atoms. The number of sulfone groups is 1. The van der Waals surface area contributed by atoms with Gasteiger partial charge in [0.05, 0.1) is 10.6 Å². The van der Waals surface area contributed by atoms with E-state index in [1.54, 1.807) is 59.9 Å². The van der Waals surface area contributed by atoms with E-state index in [1.165, 1.54) is 54.1 Å². The minimum Gasteiger partial charge on any atom is -0.480 e. The van der Waals surface area contributed by atoms with Crippen molar-refractivity contribution in [2.75, 3.05) is 4.90 Å². The van der Waals surface area contributed by atoms with Crippen molar-refractivity contribution in [2.45, 2.75) is 69.4 Å². The van der Waals surface area contributed by atoms with Crippen molar-refractivity contribution in [2.24, 2.45) is 11.1 Å². The lowest BCUT2D eigenvalue weighted by Crippen LogP contribution is -2.54. The van der Waals surface area contributed by atoms with Crippen molar-refractivity contribution in [1.82, 2.24) is 15.0 Å². The lowest BCUT2D eigenvalue weighted by molar-refractivity contribution is -0.141. The van der Waals surface area contributed by atoms with Crippen molar-refractivity contribution in [3.63, 3.8) is 0 Å². The van der Waals surface area contributed by atoms with Gasteiger partial charge < -0.3 is 15.6 Å². The number of benzene rings is 1. The molecule has 0 fully saturated rings. The number of aliphatic carboxylic acids is 1. The molecule has 0 radical (unpaired) electrons. The summed E-state index contributed by atoms with van der Waals surface area (Å²) in [6, 6.07) is 13.0. The van der Waals surface area contributed by atoms with E-state index in [0.29, 0.717) is 5.56 Å². The molecule has 1 aromatic carbocycles. The normalized spacial score (nSPS) is 14.3. The third-order valence-electron chi connectivity index (χ3n) is 6.84. The van der Waals surface area contributed by atoms with Crippen LogP contribution in [-0.4, -0.2) is 52.2 Å². The average molecular weight is 652 g/mol. The summed E-state index contributed by atoms with van der Waals surface area (Å²) in [6.45, 7) is 9.98. The van der Waals surface area contributed by atoms with E-state index in [9.17, 15) is 23.1 Å². The molecule has 3 N–H and O–H groups in total. The van der Waals surface area contributed by atoms with E-state index in [1.807, 2.05) is 17.5 Å². The molecule has 13 heteroatoms. The maximum absolute atomic E-state index is 14.3. The topological polar surface area (TPSA) is 166 Å². The predicted octanol–water partition coefficient (Wildman–Crippen LogP) is 5.67. The van der Waals surface area contributed by atoms with Crippen molar-refractivity contribution in [1.29, 1.82) is 0 Å². The molecule has 0 bridgehead atoms. The molecular weight excluding hydrogens is 615 g/mol. The van der Waals surface area contributed by atoms with Crippen molar-refractivity contribution >= 4 is 39.1 Å². The summed E-state index contributed by atoms with van der Waals surface area (Å²) >= 11 is 1.48. The number of hydrogen-bond acceptors (Lipinski definition) is 10. The summed E-state index contributed by atoms with van der Waals surface area (Å²) in [5.74, 6) is -1.41. The van der Waals surface area contributed by atoms with Gasteiger partial charge in [-0.25, -0.2) is 32.9 Å². The number of carbonyl (C=O) groups is 2. The number of hydrogen-bond donors (Lipinski definition) is 2. The molecule has 4 rings (SSSR count). The van der Waals surface area contributed by atoms with E-state index >= 15 is 0 Å². The largest absolute Gasteiger partial charge is 0.480 e. The number of carboxylic acid groups (broad SMARTS) is 1. The summed E-state index contributed by atoms with van der Waals surface area (Å²) in [6.07, 6.45) is 3.20. The Balaban J connectivity index is 1.89. The summed E-state index contributed by atoms with van der Waals surface area (Å²) in [5.41, 5.74) is 6.36. The summed E-state index contributed by atoms with van der Waals surface area (Å²) in [7, 11) is -4.37. The predicted molar refractivity (Wildman–Crippen MR) is 172 cm³/mol. The Bertz CT molecular complexity index is 1750. The van der Waals surface area contributed by atoms with Crippen molar-refractivity contribution in [3.8, 4) is 10.6 Å². The maximum Gasteiger partial charge on any atom is 0.416 e. The SMILES string of the molecule is CC(C)(C)OC(=O)N(c1cccc(C(N)(Cc2ccc(-c3nccs3)cc2)S(=O)(=O)c2cccnc2)n1)C(C(=O)O)C(C)(C)C. The number of thiazole rings is 1. The second kappa shape index (κ2) is 12.7. The first kappa shape index (κ1) is 33.7. The van der Waals surface area contributed by atoms with Gasteiger partial charge in [0.1, 0.15) is 22.5 Å². The van der Waals surface area contributed by atoms with Crippen LogP contribution in [-0.2, 0) is 30.7 Å². The first-order valence-corrected chi connectivity index (χ1v) is 16.5. The fourth-order valence-electron chi connectivity index (χ4n) is 4.78. The number of nitrogens with zero attached hydrogens (tertiary/aromatic N) is 4. The Morgan fingerprint density at radius 3 is 2.22 bits per heavy atom. The van der Waals surface area contributed by atoms with Crippen molar-refractivity contribution < 1.29 is 27.9 Å². The van der Waals surface area contributed by atoms with Crippen LogP contribution in [0, 0.1) is 5.41 Å². The van der Waals surface area contributed by atoms with Gasteiger partial charge in [-0.05, 0) is 56.0 Å². The Hall–Kier alpha value is -4.20. The van der Waals surface area contributed by atoms with Crippen LogP contribution in [0.25, 0.3) is 10.6 Å². The number of carbonyl (C=O) groups excluding carboxylic acids is 1. The molecule has 0 spiro atoms. The van der Waals surface area contributed by atoms with Gasteiger partial charge in [-0.15, -0.1) is 11.3 Å². The van der Waals surface area contributed by atoms with Crippen LogP contribution in [0.3, 0.4) is 0 Å². The molecule has 3 aromatic heterocycles. The number of rotatable bonds is 9. The first-order valence-electron chi connectivity index (χ1n) is 14.1. The van der Waals surface area contributed by atoms with Gasteiger partial charge in [0, 0.05) is 36.0 Å². The van der Waals surface area contributed by atoms with Crippen LogP contribution in [0.5, 0.6) is 0 Å². The molecule has 0 aliphatic carbocycles. The van der Waals surface area contributed by atoms with Gasteiger partial charge in [-0.3, -0.25) is 4.98 Å². The Labute approximate surface area is 267 Å². The summed E-state index contributed by atoms with van der Waals surface area (Å²) in [5, 5.41) is 12.9. The summed E-state index contributed by atoms with van der Waals surface area (Å²) < 4.78 is 34.2. The van der Waals surface area contributed by atoms with Gasteiger partial charge in [-0.1, -0.05) is 51.1 Å². The standard InChI is InChI=1S/C32H37N5O6S2/c1-30(2,3)26(28(38)39)37(29(40)43-31(4,5)6)25-11-7-10-24(36-25)32(33,45(41,42)23-9-8-16-34-20-23)19-21-12-14-22(15-13-21)27-35-17-18-44-27/h7-18,20,26H,19,33H2,1-6H3,(H,38,39). The van der Waals surface area contributed by atoms with Gasteiger partial charge in [0.15, 0.2) is 4.87 Å². The van der Waals surface area contributed by atoms with E-state index in [4.69, 9.17) is 10.5 Å². The Morgan fingerprint density at radius 1 is 1.00 bits per heavy atom. The second-order valence-electron chi connectivity index (χ2n) is 12.6. The molecule has 3 heterocycles. The summed E-state index contributed by atoms with van der Waals surface area (Å²) in [4.78, 5) is 37.7. The highest BCUT2D eigenvalue weighted by atomic mass is 32.2. The second-order valence-corrected chi connectivity index (χ2v) is 15.7. The van der Waals surface area contributed by atoms with Crippen molar-refractivity contribution in [3.05, 3.63) is 89.8 Å². The third kappa shape index (κ3) is 7.38. The van der Waals surface area contributed by atoms with Crippen LogP contribution in [0.15, 0.2) is 83.5 Å². The van der Waals surface area contributed by atoms with Gasteiger partial charge in [-0.2, -0.15) is 0 Å². The van der Waals surface area contributed by atoms with Crippen LogP contribution >= 0.6 is 11.3 Å². The van der Waals surface area contributed by atoms with E-state index in [-0.39, 0.29) is 22.8 Å². The van der Waals surface area contributed by atoms with Crippen LogP contribution in [0.4, 0.5) is 10.6 Å². The van der Waals surface area contributed by atoms with E-state index in [2.05, 4.69) is 15.0 Å². The number of ether oxygens (including phenoxy) is 1. The maximum atomic E-state index is 14.3. The average Bonchev–Trinajstić information content (AvgIpc) is 3.50. The van der Waals surface area contributed by atoms with Crippen LogP contribution < -0.4 is 10.6 Å². The monoisotopic (exact) mass is 651 g/mol. The van der Waals surface area contributed by atoms with Gasteiger partial charge >= 0.3 is 12.1 Å². The highest BCUT2D eigenvalue weighted by molar-refractivity contribution is 7.92. The number of aromatic nitrogens is 3. The van der Waals surface area contributed by atoms with Gasteiger partial charge in [0.2, 0.25) is 9.84 Å². The lowest BCUT2D eigenvalue weighted by Gasteiger charge is -2.37. The Morgan fingerprint density at radius 2 is 1.69 bits per heavy atom. The van der Waals surface area contributed by atoms with E-state index in [0.717, 1.165) is 15.5 Å². The molecule has 11 nitrogen and oxygen atoms in total. The molecule has 0 saturated heterocycles. The fourth-order valence-corrected chi connectivity index (χ4v) is 7.05. The molecule has 0 aliphatic rings. The molecule has 0 aliphatic heterocycles. The number of anilines is 1. The zero-order chi connectivity index (χ0) is 33.2. The lowest BCUT2D eigenvalue weighted by atomic mass is 9.85. The minimum atomic E-state index is -4.37. The Kier molecular flexibility index (Phi) is 9.48. The van der Waals surface area contributed by atoms with Gasteiger partial charge in [0.25, 0.3) is 0 Å². The molecule has 0 saturated carbocycles. The highest BCUT2D eigenvalue weighted by Crippen LogP contribution is 2.36. The van der Waals surface area contributed by atoms with E-state index < -0.39 is 43.8 Å². The molecule has 2 unspecified atom stereocenters. The fraction of sp³-hybridized carbons (Fsp3) is 0.344. The molecule has 2 atom stereocenters. The number of carboxylic acids is 1. The third-order valence-corrected chi connectivity index (χ3v) is 9.84. The zero-order valence-corrected chi connectivity index (χ0v) is 27.6. The number of pyridine rings is 2. The molecule has 4 aromatic rings. The van der Waals surface area contributed by atoms with Crippen LogP contribution in [0.1, 0.15) is 52.8 Å². The number of amides is 1. The molecule has 1 amide bonds.